The minimum Gasteiger partial charge on any atom is -0.237 e. The quantitative estimate of drug-likeness (QED) is 0.217. The van der Waals surface area contributed by atoms with Crippen molar-refractivity contribution in [2.75, 3.05) is 0 Å². The van der Waals surface area contributed by atoms with Gasteiger partial charge in [0.15, 0.2) is 0 Å². The van der Waals surface area contributed by atoms with E-state index in [4.69, 9.17) is 0 Å². The third-order valence-electron chi connectivity index (χ3n) is 7.62. The second kappa shape index (κ2) is 9.77. The first-order valence-electron chi connectivity index (χ1n) is 13.3. The molecule has 0 fully saturated rings. The number of aromatic nitrogens is 1. The summed E-state index contributed by atoms with van der Waals surface area (Å²) in [6.45, 7) is 4.17. The Labute approximate surface area is 225 Å². The molecule has 1 aliphatic carbocycles. The molecule has 0 saturated heterocycles. The number of hydrogen-bond acceptors (Lipinski definition) is 2. The second-order valence-electron chi connectivity index (χ2n) is 10.1. The molecule has 4 heteroatoms. The van der Waals surface area contributed by atoms with Gasteiger partial charge in [-0.2, -0.15) is 0 Å². The molecule has 190 valence electrons. The number of hydrogen-bond donors (Lipinski definition) is 0. The van der Waals surface area contributed by atoms with Crippen molar-refractivity contribution < 1.29 is 8.42 Å². The van der Waals surface area contributed by atoms with Crippen molar-refractivity contribution in [3.05, 3.63) is 137 Å². The molecule has 0 amide bonds. The summed E-state index contributed by atoms with van der Waals surface area (Å²) >= 11 is 0. The first-order valence-corrected chi connectivity index (χ1v) is 14.8. The minimum absolute atomic E-state index is 0.0461. The van der Waals surface area contributed by atoms with Crippen molar-refractivity contribution in [1.82, 2.24) is 3.97 Å². The standard InChI is InChI=1S/C34H31NO2S/c1-3-4-17-29-31(25-13-7-5-8-14-25)32(26-15-9-6-10-16-26)33-28-18-11-12-19-30(28)35(34(29)33)38(36,37)27-22-20-24(2)21-23-27/h5-16,18-23,29H,3-4,17H2,1-2H3. The van der Waals surface area contributed by atoms with Crippen LogP contribution in [0.4, 0.5) is 0 Å². The van der Waals surface area contributed by atoms with Gasteiger partial charge in [-0.1, -0.05) is 116 Å². The van der Waals surface area contributed by atoms with Crippen LogP contribution in [0.3, 0.4) is 0 Å². The van der Waals surface area contributed by atoms with E-state index in [-0.39, 0.29) is 5.92 Å². The van der Waals surface area contributed by atoms with Crippen LogP contribution in [-0.2, 0) is 10.0 Å². The van der Waals surface area contributed by atoms with Gasteiger partial charge in [0, 0.05) is 16.9 Å². The molecule has 0 radical (unpaired) electrons. The Morgan fingerprint density at radius 1 is 0.737 bits per heavy atom. The lowest BCUT2D eigenvalue weighted by Gasteiger charge is -2.21. The number of aryl methyl sites for hydroxylation is 1. The number of nitrogens with zero attached hydrogens (tertiary/aromatic N) is 1. The normalized spacial score (nSPS) is 15.3. The molecule has 0 aliphatic heterocycles. The van der Waals surface area contributed by atoms with Crippen LogP contribution in [0.1, 0.15) is 60.1 Å². The number of rotatable bonds is 7. The average Bonchev–Trinajstić information content (AvgIpc) is 3.46. The Bertz CT molecular complexity index is 1750. The monoisotopic (exact) mass is 517 g/mol. The Balaban J connectivity index is 1.74. The largest absolute Gasteiger partial charge is 0.268 e. The molecule has 0 saturated carbocycles. The number of para-hydroxylation sites is 1. The summed E-state index contributed by atoms with van der Waals surface area (Å²) in [5.74, 6) is -0.0461. The number of allylic oxidation sites excluding steroid dienone is 1. The molecule has 0 N–H and O–H groups in total. The molecule has 1 aliphatic rings. The zero-order valence-corrected chi connectivity index (χ0v) is 22.6. The second-order valence-corrected chi connectivity index (χ2v) is 11.9. The van der Waals surface area contributed by atoms with Crippen molar-refractivity contribution in [2.45, 2.75) is 43.9 Å². The number of unbranched alkanes of at least 4 members (excludes halogenated alkanes) is 1. The van der Waals surface area contributed by atoms with Gasteiger partial charge in [0.2, 0.25) is 0 Å². The molecule has 1 heterocycles. The van der Waals surface area contributed by atoms with E-state index in [9.17, 15) is 8.42 Å². The van der Waals surface area contributed by atoms with E-state index in [1.165, 1.54) is 5.57 Å². The molecule has 3 nitrogen and oxygen atoms in total. The maximum atomic E-state index is 14.4. The maximum Gasteiger partial charge on any atom is 0.268 e. The lowest BCUT2D eigenvalue weighted by atomic mass is 9.87. The Morgan fingerprint density at radius 3 is 2.00 bits per heavy atom. The maximum absolute atomic E-state index is 14.4. The third-order valence-corrected chi connectivity index (χ3v) is 9.36. The first kappa shape index (κ1) is 24.4. The minimum atomic E-state index is -3.84. The summed E-state index contributed by atoms with van der Waals surface area (Å²) in [7, 11) is -3.84. The van der Waals surface area contributed by atoms with Gasteiger partial charge in [0.1, 0.15) is 0 Å². The van der Waals surface area contributed by atoms with E-state index >= 15 is 0 Å². The molecule has 0 spiro atoms. The van der Waals surface area contributed by atoms with Gasteiger partial charge >= 0.3 is 0 Å². The van der Waals surface area contributed by atoms with E-state index in [1.807, 2.05) is 49.4 Å². The highest BCUT2D eigenvalue weighted by molar-refractivity contribution is 7.90. The molecule has 4 aromatic carbocycles. The van der Waals surface area contributed by atoms with Crippen LogP contribution in [0.2, 0.25) is 0 Å². The van der Waals surface area contributed by atoms with E-state index in [0.29, 0.717) is 4.90 Å². The molecule has 38 heavy (non-hydrogen) atoms. The topological polar surface area (TPSA) is 39.1 Å². The van der Waals surface area contributed by atoms with Crippen LogP contribution in [0.15, 0.2) is 114 Å². The van der Waals surface area contributed by atoms with Crippen LogP contribution >= 0.6 is 0 Å². The smallest absolute Gasteiger partial charge is 0.237 e. The van der Waals surface area contributed by atoms with Crippen LogP contribution in [0.5, 0.6) is 0 Å². The summed E-state index contributed by atoms with van der Waals surface area (Å²) in [6.07, 6.45) is 2.93. The van der Waals surface area contributed by atoms with Crippen molar-refractivity contribution in [3.8, 4) is 0 Å². The van der Waals surface area contributed by atoms with Gasteiger partial charge in [-0.15, -0.1) is 0 Å². The van der Waals surface area contributed by atoms with Crippen LogP contribution in [0.25, 0.3) is 22.0 Å². The molecular weight excluding hydrogens is 486 g/mol. The number of benzene rings is 4. The van der Waals surface area contributed by atoms with E-state index < -0.39 is 10.0 Å². The predicted molar refractivity (Wildman–Crippen MR) is 157 cm³/mol. The summed E-state index contributed by atoms with van der Waals surface area (Å²) in [5, 5.41) is 0.976. The summed E-state index contributed by atoms with van der Waals surface area (Å²) in [4.78, 5) is 0.315. The molecule has 5 aromatic rings. The van der Waals surface area contributed by atoms with Crippen LogP contribution in [0, 0.1) is 6.92 Å². The lowest BCUT2D eigenvalue weighted by molar-refractivity contribution is 0.583. The summed E-state index contributed by atoms with van der Waals surface area (Å²) in [5.41, 5.74) is 8.32. The van der Waals surface area contributed by atoms with Gasteiger partial charge in [0.05, 0.1) is 16.1 Å². The van der Waals surface area contributed by atoms with Crippen molar-refractivity contribution >= 4 is 32.1 Å². The Hall–Kier alpha value is -3.89. The van der Waals surface area contributed by atoms with E-state index in [2.05, 4.69) is 61.5 Å². The highest BCUT2D eigenvalue weighted by atomic mass is 32.2. The van der Waals surface area contributed by atoms with Crippen LogP contribution in [-0.4, -0.2) is 12.4 Å². The Morgan fingerprint density at radius 2 is 1.34 bits per heavy atom. The molecule has 1 unspecified atom stereocenters. The fourth-order valence-corrected chi connectivity index (χ4v) is 7.47. The average molecular weight is 518 g/mol. The van der Waals surface area contributed by atoms with Gasteiger partial charge < -0.3 is 0 Å². The van der Waals surface area contributed by atoms with E-state index in [1.54, 1.807) is 16.1 Å². The zero-order chi connectivity index (χ0) is 26.3. The van der Waals surface area contributed by atoms with Crippen LogP contribution < -0.4 is 0 Å². The third kappa shape index (κ3) is 3.91. The Kier molecular flexibility index (Phi) is 6.29. The predicted octanol–water partition coefficient (Wildman–Crippen LogP) is 8.43. The molecule has 1 aromatic heterocycles. The molecule has 1 atom stereocenters. The molecule has 0 bridgehead atoms. The van der Waals surface area contributed by atoms with Gasteiger partial charge in [-0.25, -0.2) is 12.4 Å². The SMILES string of the molecule is CCCCC1C(c2ccccc2)=C(c2ccccc2)c2c1n(S(=O)(=O)c1ccc(C)cc1)c1ccccc21. The van der Waals surface area contributed by atoms with Gasteiger partial charge in [-0.05, 0) is 53.8 Å². The fraction of sp³-hybridized carbons (Fsp3) is 0.176. The van der Waals surface area contributed by atoms with Crippen molar-refractivity contribution in [1.29, 1.82) is 0 Å². The highest BCUT2D eigenvalue weighted by Crippen LogP contribution is 2.55. The van der Waals surface area contributed by atoms with Gasteiger partial charge in [-0.3, -0.25) is 0 Å². The first-order chi connectivity index (χ1) is 18.5. The molecule has 6 rings (SSSR count). The summed E-state index contributed by atoms with van der Waals surface area (Å²) in [6, 6.07) is 36.1. The zero-order valence-electron chi connectivity index (χ0n) is 21.8. The van der Waals surface area contributed by atoms with Gasteiger partial charge in [0.25, 0.3) is 10.0 Å². The van der Waals surface area contributed by atoms with Crippen molar-refractivity contribution in [2.24, 2.45) is 0 Å². The summed E-state index contributed by atoms with van der Waals surface area (Å²) < 4.78 is 30.5. The fourth-order valence-electron chi connectivity index (χ4n) is 5.89. The lowest BCUT2D eigenvalue weighted by Crippen LogP contribution is -2.18. The number of fused-ring (bicyclic) bond motifs is 3. The molecular formula is C34H31NO2S. The highest BCUT2D eigenvalue weighted by Gasteiger charge is 2.40. The van der Waals surface area contributed by atoms with E-state index in [0.717, 1.165) is 63.7 Å². The van der Waals surface area contributed by atoms with Crippen molar-refractivity contribution in [3.63, 3.8) is 0 Å².